The molecule has 2 heterocycles. The van der Waals surface area contributed by atoms with Gasteiger partial charge in [-0.2, -0.15) is 4.98 Å². The molecule has 0 aliphatic carbocycles. The predicted molar refractivity (Wildman–Crippen MR) is 142 cm³/mol. The Morgan fingerprint density at radius 1 is 1.00 bits per heavy atom. The number of rotatable bonds is 7. The molecule has 0 bridgehead atoms. The Bertz CT molecular complexity index is 1520. The summed E-state index contributed by atoms with van der Waals surface area (Å²) in [6.07, 6.45) is 4.96. The molecular formula is C25H25ClN6O3S. The van der Waals surface area contributed by atoms with Crippen molar-refractivity contribution in [1.29, 1.82) is 0 Å². The summed E-state index contributed by atoms with van der Waals surface area (Å²) in [5.41, 5.74) is 4.15. The number of sulfonamides is 1. The molecule has 2 aromatic carbocycles. The maximum atomic E-state index is 12.1. The second-order valence-electron chi connectivity index (χ2n) is 8.05. The van der Waals surface area contributed by atoms with Gasteiger partial charge in [-0.15, -0.1) is 0 Å². The Hall–Kier alpha value is -3.73. The van der Waals surface area contributed by atoms with E-state index in [1.54, 1.807) is 54.6 Å². The summed E-state index contributed by atoms with van der Waals surface area (Å²) < 4.78 is 30.0. The summed E-state index contributed by atoms with van der Waals surface area (Å²) in [5, 5.41) is 5.67. The third-order valence-corrected chi connectivity index (χ3v) is 6.97. The van der Waals surface area contributed by atoms with Crippen LogP contribution in [0.1, 0.15) is 5.56 Å². The van der Waals surface area contributed by atoms with Crippen molar-refractivity contribution < 1.29 is 13.2 Å². The van der Waals surface area contributed by atoms with E-state index < -0.39 is 10.0 Å². The smallest absolute Gasteiger partial charge is 0.240 e. The first kappa shape index (κ1) is 25.4. The summed E-state index contributed by atoms with van der Waals surface area (Å²) in [4.78, 5) is 16.4. The van der Waals surface area contributed by atoms with E-state index in [9.17, 15) is 8.42 Å². The zero-order valence-electron chi connectivity index (χ0n) is 20.2. The van der Waals surface area contributed by atoms with Crippen LogP contribution in [0.3, 0.4) is 0 Å². The first-order valence-electron chi connectivity index (χ1n) is 10.8. The first-order valence-corrected chi connectivity index (χ1v) is 12.7. The van der Waals surface area contributed by atoms with E-state index in [4.69, 9.17) is 21.5 Å². The van der Waals surface area contributed by atoms with Crippen LogP contribution in [-0.2, 0) is 10.0 Å². The number of pyridine rings is 1. The number of ether oxygens (including phenoxy) is 1. The van der Waals surface area contributed by atoms with Crippen molar-refractivity contribution >= 4 is 44.8 Å². The first-order chi connectivity index (χ1) is 17.1. The molecule has 0 aliphatic heterocycles. The molecule has 0 unspecified atom stereocenters. The topological polar surface area (TPSA) is 115 Å². The second-order valence-corrected chi connectivity index (χ2v) is 9.98. The van der Waals surface area contributed by atoms with Crippen molar-refractivity contribution in [1.82, 2.24) is 15.0 Å². The minimum atomic E-state index is -3.97. The summed E-state index contributed by atoms with van der Waals surface area (Å²) in [6, 6.07) is 14.2. The molecule has 0 atom stereocenters. The molecule has 0 fully saturated rings. The lowest BCUT2D eigenvalue weighted by Gasteiger charge is -2.25. The van der Waals surface area contributed by atoms with Gasteiger partial charge in [0.1, 0.15) is 15.7 Å². The van der Waals surface area contributed by atoms with Gasteiger partial charge in [0.15, 0.2) is 5.82 Å². The van der Waals surface area contributed by atoms with Crippen molar-refractivity contribution in [3.8, 4) is 16.9 Å². The molecule has 36 heavy (non-hydrogen) atoms. The zero-order valence-corrected chi connectivity index (χ0v) is 21.7. The second kappa shape index (κ2) is 10.1. The van der Waals surface area contributed by atoms with Crippen LogP contribution in [0.25, 0.3) is 11.1 Å². The van der Waals surface area contributed by atoms with Crippen LogP contribution in [0.5, 0.6) is 5.75 Å². The van der Waals surface area contributed by atoms with Crippen molar-refractivity contribution in [3.63, 3.8) is 0 Å². The number of nitrogens with zero attached hydrogens (tertiary/aromatic N) is 5. The molecule has 4 aromatic rings. The van der Waals surface area contributed by atoms with Crippen molar-refractivity contribution in [3.05, 3.63) is 77.7 Å². The van der Waals surface area contributed by atoms with Gasteiger partial charge in [-0.05, 0) is 60.0 Å². The van der Waals surface area contributed by atoms with E-state index in [0.29, 0.717) is 23.2 Å². The molecule has 9 nitrogen and oxygen atoms in total. The van der Waals surface area contributed by atoms with Crippen molar-refractivity contribution in [2.45, 2.75) is 11.8 Å². The molecule has 186 valence electrons. The van der Waals surface area contributed by atoms with Gasteiger partial charge in [0.2, 0.25) is 16.0 Å². The van der Waals surface area contributed by atoms with Gasteiger partial charge in [0, 0.05) is 26.5 Å². The predicted octanol–water partition coefficient (Wildman–Crippen LogP) is 4.69. The number of primary sulfonamides is 1. The normalized spacial score (nSPS) is 11.3. The van der Waals surface area contributed by atoms with E-state index in [2.05, 4.69) is 15.0 Å². The SMILES string of the molecule is COc1cc(-c2ccncc2)c(C)cc1N(C)c1ncc(Cl)c(N(C)c2ccccc2S(N)(=O)=O)n1. The number of aryl methyl sites for hydroxylation is 1. The van der Waals surface area contributed by atoms with E-state index in [1.165, 1.54) is 12.3 Å². The average Bonchev–Trinajstić information content (AvgIpc) is 2.88. The molecule has 0 saturated heterocycles. The number of aromatic nitrogens is 3. The molecule has 11 heteroatoms. The summed E-state index contributed by atoms with van der Waals surface area (Å²) in [7, 11) is 1.11. The van der Waals surface area contributed by atoms with E-state index in [-0.39, 0.29) is 9.92 Å². The number of methoxy groups -OCH3 is 1. The Morgan fingerprint density at radius 2 is 1.69 bits per heavy atom. The summed E-state index contributed by atoms with van der Waals surface area (Å²) >= 11 is 6.43. The molecule has 0 amide bonds. The molecular weight excluding hydrogens is 500 g/mol. The fourth-order valence-corrected chi connectivity index (χ4v) is 4.87. The van der Waals surface area contributed by atoms with Crippen LogP contribution in [-0.4, -0.2) is 44.6 Å². The monoisotopic (exact) mass is 524 g/mol. The molecule has 4 rings (SSSR count). The maximum Gasteiger partial charge on any atom is 0.240 e. The Kier molecular flexibility index (Phi) is 7.11. The van der Waals surface area contributed by atoms with Crippen LogP contribution in [0, 0.1) is 6.92 Å². The number of anilines is 4. The molecule has 0 aliphatic rings. The third-order valence-electron chi connectivity index (χ3n) is 5.74. The quantitative estimate of drug-likeness (QED) is 0.370. The van der Waals surface area contributed by atoms with Gasteiger partial charge in [0.25, 0.3) is 0 Å². The lowest BCUT2D eigenvalue weighted by Crippen LogP contribution is -2.21. The highest BCUT2D eigenvalue weighted by molar-refractivity contribution is 7.89. The zero-order chi connectivity index (χ0) is 26.0. The van der Waals surface area contributed by atoms with Gasteiger partial charge in [-0.1, -0.05) is 23.7 Å². The fraction of sp³-hybridized carbons (Fsp3) is 0.160. The molecule has 0 radical (unpaired) electrons. The average molecular weight is 525 g/mol. The minimum absolute atomic E-state index is 0.0407. The van der Waals surface area contributed by atoms with Crippen LogP contribution in [0.15, 0.2) is 72.0 Å². The lowest BCUT2D eigenvalue weighted by atomic mass is 10.00. The number of hydrogen-bond donors (Lipinski definition) is 1. The van der Waals surface area contributed by atoms with E-state index in [1.807, 2.05) is 38.2 Å². The highest BCUT2D eigenvalue weighted by atomic mass is 35.5. The van der Waals surface area contributed by atoms with Gasteiger partial charge >= 0.3 is 0 Å². The maximum absolute atomic E-state index is 12.1. The van der Waals surface area contributed by atoms with Gasteiger partial charge in [0.05, 0.1) is 24.7 Å². The number of para-hydroxylation sites is 1. The standard InChI is InChI=1S/C25H25ClN6O3S/c1-16-13-21(22(35-4)14-18(16)17-9-11-28-12-10-17)32(3)25-29-15-19(26)24(30-25)31(2)20-7-5-6-8-23(20)36(27,33)34/h5-15H,1-4H3,(H2,27,33,34). The third kappa shape index (κ3) is 4.97. The lowest BCUT2D eigenvalue weighted by molar-refractivity contribution is 0.415. The number of nitrogens with two attached hydrogens (primary N) is 1. The number of halogens is 1. The van der Waals surface area contributed by atoms with Crippen LogP contribution < -0.4 is 19.7 Å². The highest BCUT2D eigenvalue weighted by Gasteiger charge is 2.22. The van der Waals surface area contributed by atoms with Crippen LogP contribution in [0.4, 0.5) is 23.1 Å². The fourth-order valence-electron chi connectivity index (χ4n) is 3.88. The molecule has 2 N–H and O–H groups in total. The highest BCUT2D eigenvalue weighted by Crippen LogP contribution is 2.39. The Labute approximate surface area is 215 Å². The number of benzene rings is 2. The van der Waals surface area contributed by atoms with Crippen LogP contribution >= 0.6 is 11.6 Å². The van der Waals surface area contributed by atoms with E-state index in [0.717, 1.165) is 22.4 Å². The largest absolute Gasteiger partial charge is 0.495 e. The summed E-state index contributed by atoms with van der Waals surface area (Å²) in [6.45, 7) is 2.01. The molecule has 0 spiro atoms. The minimum Gasteiger partial charge on any atom is -0.495 e. The van der Waals surface area contributed by atoms with Crippen molar-refractivity contribution in [2.75, 3.05) is 31.0 Å². The van der Waals surface area contributed by atoms with Gasteiger partial charge in [-0.3, -0.25) is 4.98 Å². The van der Waals surface area contributed by atoms with E-state index >= 15 is 0 Å². The van der Waals surface area contributed by atoms with Crippen LogP contribution in [0.2, 0.25) is 5.02 Å². The van der Waals surface area contributed by atoms with Crippen molar-refractivity contribution in [2.24, 2.45) is 5.14 Å². The van der Waals surface area contributed by atoms with Gasteiger partial charge in [-0.25, -0.2) is 18.5 Å². The molecule has 0 saturated carbocycles. The Balaban J connectivity index is 1.76. The Morgan fingerprint density at radius 3 is 2.36 bits per heavy atom. The molecule has 2 aromatic heterocycles. The number of hydrogen-bond acceptors (Lipinski definition) is 8. The summed E-state index contributed by atoms with van der Waals surface area (Å²) in [5.74, 6) is 1.28. The van der Waals surface area contributed by atoms with Gasteiger partial charge < -0.3 is 14.5 Å².